The third-order valence-electron chi connectivity index (χ3n) is 2.81. The van der Waals surface area contributed by atoms with Gasteiger partial charge in [0.1, 0.15) is 0 Å². The molecule has 0 aliphatic heterocycles. The van der Waals surface area contributed by atoms with Crippen molar-refractivity contribution in [2.45, 2.75) is 39.2 Å². The van der Waals surface area contributed by atoms with Crippen molar-refractivity contribution in [3.8, 4) is 0 Å². The van der Waals surface area contributed by atoms with Gasteiger partial charge in [-0.05, 0) is 32.2 Å². The van der Waals surface area contributed by atoms with Crippen molar-refractivity contribution in [2.24, 2.45) is 5.92 Å². The highest BCUT2D eigenvalue weighted by Crippen LogP contribution is 2.18. The zero-order valence-corrected chi connectivity index (χ0v) is 11.7. The fraction of sp³-hybridized carbons (Fsp3) is 0.846. The number of carbonyl (C=O) groups excluding carboxylic acids is 2. The Bertz CT molecular complexity index is 288. The smallest absolute Gasteiger partial charge is 0.234 e. The van der Waals surface area contributed by atoms with Crippen LogP contribution in [0.2, 0.25) is 0 Å². The molecule has 104 valence electrons. The van der Waals surface area contributed by atoms with E-state index >= 15 is 0 Å². The zero-order chi connectivity index (χ0) is 13.5. The molecule has 0 aromatic carbocycles. The maximum atomic E-state index is 11.6. The van der Waals surface area contributed by atoms with Gasteiger partial charge in [-0.25, -0.2) is 0 Å². The number of hydrogen-bond donors (Lipinski definition) is 2. The number of hydrogen-bond acceptors (Lipinski definition) is 3. The number of amides is 2. The highest BCUT2D eigenvalue weighted by atomic mass is 16.2. The summed E-state index contributed by atoms with van der Waals surface area (Å²) in [5, 5.41) is 5.76. The Morgan fingerprint density at radius 3 is 2.39 bits per heavy atom. The monoisotopic (exact) mass is 255 g/mol. The van der Waals surface area contributed by atoms with Gasteiger partial charge in [0.2, 0.25) is 11.8 Å². The van der Waals surface area contributed by atoms with E-state index in [9.17, 15) is 9.59 Å². The minimum atomic E-state index is -0.0163. The van der Waals surface area contributed by atoms with Crippen LogP contribution in [0.3, 0.4) is 0 Å². The van der Waals surface area contributed by atoms with Gasteiger partial charge in [-0.15, -0.1) is 0 Å². The molecule has 0 atom stereocenters. The van der Waals surface area contributed by atoms with Crippen LogP contribution in [0.15, 0.2) is 0 Å². The molecule has 1 saturated carbocycles. The summed E-state index contributed by atoms with van der Waals surface area (Å²) >= 11 is 0. The zero-order valence-electron chi connectivity index (χ0n) is 11.7. The molecule has 0 aromatic rings. The fourth-order valence-electron chi connectivity index (χ4n) is 1.60. The Balaban J connectivity index is 2.08. The number of rotatable bonds is 8. The number of nitrogens with one attached hydrogen (secondary N) is 2. The molecule has 0 unspecified atom stereocenters. The molecule has 0 radical (unpaired) electrons. The average Bonchev–Trinajstić information content (AvgIpc) is 2.99. The first kappa shape index (κ1) is 15.0. The molecule has 0 aromatic heterocycles. The van der Waals surface area contributed by atoms with E-state index in [1.54, 1.807) is 11.9 Å². The van der Waals surface area contributed by atoms with Crippen molar-refractivity contribution in [1.29, 1.82) is 0 Å². The maximum absolute atomic E-state index is 11.6. The first-order chi connectivity index (χ1) is 8.47. The van der Waals surface area contributed by atoms with E-state index in [-0.39, 0.29) is 24.9 Å². The number of carbonyl (C=O) groups is 2. The Morgan fingerprint density at radius 2 is 1.83 bits per heavy atom. The maximum Gasteiger partial charge on any atom is 0.234 e. The summed E-state index contributed by atoms with van der Waals surface area (Å²) in [4.78, 5) is 24.8. The average molecular weight is 255 g/mol. The minimum absolute atomic E-state index is 0.00924. The predicted molar refractivity (Wildman–Crippen MR) is 71.1 cm³/mol. The van der Waals surface area contributed by atoms with Crippen molar-refractivity contribution >= 4 is 11.8 Å². The Morgan fingerprint density at radius 1 is 1.22 bits per heavy atom. The molecule has 5 heteroatoms. The first-order valence-corrected chi connectivity index (χ1v) is 6.72. The van der Waals surface area contributed by atoms with Gasteiger partial charge in [-0.3, -0.25) is 14.5 Å². The summed E-state index contributed by atoms with van der Waals surface area (Å²) in [6.07, 6.45) is 3.16. The molecule has 1 rings (SSSR count). The Kier molecular flexibility index (Phi) is 6.12. The standard InChI is InChI=1S/C13H25N3O2/c1-10(2)6-7-14-12(17)8-16(3)9-13(18)15-11-4-5-11/h10-11H,4-9H2,1-3H3,(H,14,17)(H,15,18). The van der Waals surface area contributed by atoms with E-state index in [1.807, 2.05) is 0 Å². The van der Waals surface area contributed by atoms with E-state index in [0.717, 1.165) is 19.3 Å². The molecule has 18 heavy (non-hydrogen) atoms. The van der Waals surface area contributed by atoms with E-state index in [1.165, 1.54) is 0 Å². The summed E-state index contributed by atoms with van der Waals surface area (Å²) < 4.78 is 0. The second kappa shape index (κ2) is 7.36. The van der Waals surface area contributed by atoms with Gasteiger partial charge >= 0.3 is 0 Å². The van der Waals surface area contributed by atoms with Gasteiger partial charge in [-0.1, -0.05) is 13.8 Å². The van der Waals surface area contributed by atoms with Gasteiger partial charge in [0.05, 0.1) is 13.1 Å². The highest BCUT2D eigenvalue weighted by Gasteiger charge is 2.23. The van der Waals surface area contributed by atoms with Crippen LogP contribution in [0.5, 0.6) is 0 Å². The molecule has 0 spiro atoms. The highest BCUT2D eigenvalue weighted by molar-refractivity contribution is 5.81. The predicted octanol–water partition coefficient (Wildman–Crippen LogP) is 0.359. The molecule has 0 saturated heterocycles. The number of likely N-dealkylation sites (N-methyl/N-ethyl adjacent to an activating group) is 1. The molecule has 1 fully saturated rings. The van der Waals surface area contributed by atoms with Crippen LogP contribution in [0.1, 0.15) is 33.1 Å². The molecule has 1 aliphatic rings. The second-order valence-electron chi connectivity index (χ2n) is 5.55. The van der Waals surface area contributed by atoms with Crippen molar-refractivity contribution in [3.05, 3.63) is 0 Å². The van der Waals surface area contributed by atoms with Crippen LogP contribution in [0.25, 0.3) is 0 Å². The van der Waals surface area contributed by atoms with Crippen LogP contribution < -0.4 is 10.6 Å². The lowest BCUT2D eigenvalue weighted by molar-refractivity contribution is -0.124. The SMILES string of the molecule is CC(C)CCNC(=O)CN(C)CC(=O)NC1CC1. The van der Waals surface area contributed by atoms with Crippen molar-refractivity contribution < 1.29 is 9.59 Å². The van der Waals surface area contributed by atoms with E-state index in [2.05, 4.69) is 24.5 Å². The third kappa shape index (κ3) is 7.27. The summed E-state index contributed by atoms with van der Waals surface area (Å²) in [7, 11) is 1.79. The molecular formula is C13H25N3O2. The topological polar surface area (TPSA) is 61.4 Å². The normalized spacial score (nSPS) is 14.9. The van der Waals surface area contributed by atoms with Crippen molar-refractivity contribution in [2.75, 3.05) is 26.7 Å². The van der Waals surface area contributed by atoms with Gasteiger partial charge < -0.3 is 10.6 Å². The Labute approximate surface area is 109 Å². The number of nitrogens with zero attached hydrogens (tertiary/aromatic N) is 1. The first-order valence-electron chi connectivity index (χ1n) is 6.72. The van der Waals surface area contributed by atoms with Crippen LogP contribution in [0, 0.1) is 5.92 Å². The van der Waals surface area contributed by atoms with Gasteiger partial charge in [0.25, 0.3) is 0 Å². The van der Waals surface area contributed by atoms with Crippen molar-refractivity contribution in [1.82, 2.24) is 15.5 Å². The summed E-state index contributed by atoms with van der Waals surface area (Å²) in [6.45, 7) is 5.52. The lowest BCUT2D eigenvalue weighted by Gasteiger charge is -2.16. The molecule has 5 nitrogen and oxygen atoms in total. The quantitative estimate of drug-likeness (QED) is 0.658. The van der Waals surface area contributed by atoms with E-state index in [4.69, 9.17) is 0 Å². The molecular weight excluding hydrogens is 230 g/mol. The minimum Gasteiger partial charge on any atom is -0.355 e. The van der Waals surface area contributed by atoms with Crippen LogP contribution in [0.4, 0.5) is 0 Å². The van der Waals surface area contributed by atoms with Crippen LogP contribution in [-0.2, 0) is 9.59 Å². The van der Waals surface area contributed by atoms with Gasteiger partial charge in [0.15, 0.2) is 0 Å². The Hall–Kier alpha value is -1.10. The van der Waals surface area contributed by atoms with Crippen LogP contribution >= 0.6 is 0 Å². The summed E-state index contributed by atoms with van der Waals surface area (Å²) in [5.74, 6) is 0.583. The summed E-state index contributed by atoms with van der Waals surface area (Å²) in [6, 6.07) is 0.380. The van der Waals surface area contributed by atoms with Crippen molar-refractivity contribution in [3.63, 3.8) is 0 Å². The second-order valence-corrected chi connectivity index (χ2v) is 5.55. The van der Waals surface area contributed by atoms with Crippen LogP contribution in [-0.4, -0.2) is 49.4 Å². The fourth-order valence-corrected chi connectivity index (χ4v) is 1.60. The van der Waals surface area contributed by atoms with E-state index in [0.29, 0.717) is 18.5 Å². The third-order valence-corrected chi connectivity index (χ3v) is 2.81. The molecule has 0 bridgehead atoms. The van der Waals surface area contributed by atoms with E-state index < -0.39 is 0 Å². The lowest BCUT2D eigenvalue weighted by atomic mass is 10.1. The molecule has 1 aliphatic carbocycles. The van der Waals surface area contributed by atoms with Gasteiger partial charge in [-0.2, -0.15) is 0 Å². The largest absolute Gasteiger partial charge is 0.355 e. The summed E-state index contributed by atoms with van der Waals surface area (Å²) in [5.41, 5.74) is 0. The molecule has 0 heterocycles. The molecule has 2 amide bonds. The molecule has 2 N–H and O–H groups in total. The lowest BCUT2D eigenvalue weighted by Crippen LogP contribution is -2.41. The van der Waals surface area contributed by atoms with Gasteiger partial charge in [0, 0.05) is 12.6 Å².